The number of rotatable bonds is 3. The minimum Gasteiger partial charge on any atom is -0.389 e. The molecular formula is C18H22ClN3O3. The third-order valence-electron chi connectivity index (χ3n) is 4.59. The maximum absolute atomic E-state index is 12.7. The minimum atomic E-state index is -0.870. The highest BCUT2D eigenvalue weighted by atomic mass is 35.5. The van der Waals surface area contributed by atoms with Crippen molar-refractivity contribution >= 4 is 18.3 Å². The van der Waals surface area contributed by atoms with E-state index in [0.29, 0.717) is 25.1 Å². The van der Waals surface area contributed by atoms with Crippen molar-refractivity contribution in [2.75, 3.05) is 13.1 Å². The van der Waals surface area contributed by atoms with Crippen LogP contribution in [0.3, 0.4) is 0 Å². The Bertz CT molecular complexity index is 794. The molecule has 1 aliphatic heterocycles. The average Bonchev–Trinajstić information content (AvgIpc) is 2.60. The Morgan fingerprint density at radius 1 is 1.32 bits per heavy atom. The van der Waals surface area contributed by atoms with Gasteiger partial charge < -0.3 is 20.3 Å². The fourth-order valence-electron chi connectivity index (χ4n) is 3.12. The van der Waals surface area contributed by atoms with E-state index < -0.39 is 11.6 Å². The van der Waals surface area contributed by atoms with E-state index in [2.05, 4.69) is 10.6 Å². The van der Waals surface area contributed by atoms with E-state index in [1.165, 1.54) is 10.6 Å². The lowest BCUT2D eigenvalue weighted by Crippen LogP contribution is -2.61. The number of aliphatic hydroxyl groups excluding tert-OH is 1. The number of halogens is 1. The van der Waals surface area contributed by atoms with Crippen LogP contribution in [0.15, 0.2) is 53.5 Å². The van der Waals surface area contributed by atoms with Crippen LogP contribution in [0.5, 0.6) is 0 Å². The number of pyridine rings is 1. The first-order valence-corrected chi connectivity index (χ1v) is 7.96. The number of carbonyl (C=O) groups excluding carboxylic acids is 1. The third kappa shape index (κ3) is 3.76. The van der Waals surface area contributed by atoms with E-state index >= 15 is 0 Å². The van der Waals surface area contributed by atoms with Crippen LogP contribution in [0, 0.1) is 0 Å². The maximum atomic E-state index is 12.7. The summed E-state index contributed by atoms with van der Waals surface area (Å²) in [5.74, 6) is -0.363. The highest BCUT2D eigenvalue weighted by molar-refractivity contribution is 5.94. The predicted molar refractivity (Wildman–Crippen MR) is 98.0 cm³/mol. The highest BCUT2D eigenvalue weighted by Gasteiger charge is 2.42. The highest BCUT2D eigenvalue weighted by Crippen LogP contribution is 2.31. The molecule has 7 heteroatoms. The van der Waals surface area contributed by atoms with Gasteiger partial charge in [-0.1, -0.05) is 30.3 Å². The normalized spacial score (nSPS) is 22.7. The Labute approximate surface area is 152 Å². The van der Waals surface area contributed by atoms with Crippen molar-refractivity contribution in [1.82, 2.24) is 15.2 Å². The van der Waals surface area contributed by atoms with Crippen LogP contribution < -0.4 is 16.2 Å². The topological polar surface area (TPSA) is 83.4 Å². The van der Waals surface area contributed by atoms with Gasteiger partial charge >= 0.3 is 0 Å². The molecule has 0 aliphatic carbocycles. The molecule has 1 aromatic heterocycles. The largest absolute Gasteiger partial charge is 0.389 e. The molecule has 2 atom stereocenters. The summed E-state index contributed by atoms with van der Waals surface area (Å²) in [7, 11) is 1.63. The Balaban J connectivity index is 0.00000225. The number of hydrogen-bond acceptors (Lipinski definition) is 4. The third-order valence-corrected chi connectivity index (χ3v) is 4.59. The van der Waals surface area contributed by atoms with Gasteiger partial charge in [0.05, 0.1) is 11.6 Å². The summed E-state index contributed by atoms with van der Waals surface area (Å²) in [6, 6.07) is 12.4. The first-order valence-electron chi connectivity index (χ1n) is 7.96. The molecular weight excluding hydrogens is 342 g/mol. The van der Waals surface area contributed by atoms with Gasteiger partial charge in [-0.25, -0.2) is 0 Å². The first kappa shape index (κ1) is 19.2. The van der Waals surface area contributed by atoms with Gasteiger partial charge in [0.1, 0.15) is 0 Å². The Kier molecular flexibility index (Phi) is 6.00. The van der Waals surface area contributed by atoms with Crippen LogP contribution in [0.2, 0.25) is 0 Å². The standard InChI is InChI=1S/C18H21N3O3.ClH/c1-21-10-7-13(11-16(21)23)17(24)20-18(8-9-19-12-15(18)22)14-5-3-2-4-6-14;/h2-7,10-11,15,19,22H,8-9,12H2,1H3,(H,20,24);1H/t15-,18-;/m1./s1. The van der Waals surface area contributed by atoms with Gasteiger partial charge in [-0.15, -0.1) is 12.4 Å². The summed E-state index contributed by atoms with van der Waals surface area (Å²) >= 11 is 0. The second kappa shape index (κ2) is 7.82. The molecule has 2 aromatic rings. The number of benzene rings is 1. The van der Waals surface area contributed by atoms with E-state index in [4.69, 9.17) is 0 Å². The number of nitrogens with one attached hydrogen (secondary N) is 2. The molecule has 0 spiro atoms. The van der Waals surface area contributed by atoms with Gasteiger partial charge in [-0.3, -0.25) is 9.59 Å². The van der Waals surface area contributed by atoms with Crippen LogP contribution in [0.1, 0.15) is 22.3 Å². The number of hydrogen-bond donors (Lipinski definition) is 3. The number of β-amino-alcohol motifs (C(OH)–C–C–N with tert-alkyl or cyclic N) is 1. The number of amides is 1. The number of aromatic nitrogens is 1. The molecule has 1 fully saturated rings. The fourth-order valence-corrected chi connectivity index (χ4v) is 3.12. The van der Waals surface area contributed by atoms with E-state index in [-0.39, 0.29) is 23.9 Å². The van der Waals surface area contributed by atoms with E-state index in [9.17, 15) is 14.7 Å². The number of aliphatic hydroxyl groups is 1. The molecule has 1 aromatic carbocycles. The zero-order chi connectivity index (χ0) is 17.2. The van der Waals surface area contributed by atoms with Crippen LogP contribution in [0.4, 0.5) is 0 Å². The molecule has 1 saturated heterocycles. The number of carbonyl (C=O) groups is 1. The average molecular weight is 364 g/mol. The molecule has 3 N–H and O–H groups in total. The smallest absolute Gasteiger partial charge is 0.252 e. The zero-order valence-corrected chi connectivity index (χ0v) is 14.8. The summed E-state index contributed by atoms with van der Waals surface area (Å²) in [5.41, 5.74) is 0.0302. The molecule has 25 heavy (non-hydrogen) atoms. The van der Waals surface area contributed by atoms with Crippen LogP contribution in [0.25, 0.3) is 0 Å². The van der Waals surface area contributed by atoms with Crippen molar-refractivity contribution in [3.63, 3.8) is 0 Å². The Hall–Kier alpha value is -2.15. The molecule has 0 unspecified atom stereocenters. The Morgan fingerprint density at radius 2 is 2.04 bits per heavy atom. The molecule has 0 saturated carbocycles. The second-order valence-corrected chi connectivity index (χ2v) is 6.13. The number of aryl methyl sites for hydroxylation is 1. The zero-order valence-electron chi connectivity index (χ0n) is 13.9. The summed E-state index contributed by atoms with van der Waals surface area (Å²) < 4.78 is 1.41. The van der Waals surface area contributed by atoms with Gasteiger partial charge in [-0.2, -0.15) is 0 Å². The molecule has 0 bridgehead atoms. The van der Waals surface area contributed by atoms with Crippen molar-refractivity contribution in [1.29, 1.82) is 0 Å². The molecule has 3 rings (SSSR count). The predicted octanol–water partition coefficient (Wildman–Crippen LogP) is 0.787. The van der Waals surface area contributed by atoms with Crippen molar-refractivity contribution < 1.29 is 9.90 Å². The first-order chi connectivity index (χ1) is 11.5. The van der Waals surface area contributed by atoms with Gasteiger partial charge in [-0.05, 0) is 24.6 Å². The summed E-state index contributed by atoms with van der Waals surface area (Å²) in [6.07, 6.45) is 1.37. The lowest BCUT2D eigenvalue weighted by Gasteiger charge is -2.43. The fraction of sp³-hybridized carbons (Fsp3) is 0.333. The second-order valence-electron chi connectivity index (χ2n) is 6.13. The van der Waals surface area contributed by atoms with Gasteiger partial charge in [0.25, 0.3) is 11.5 Å². The summed E-state index contributed by atoms with van der Waals surface area (Å²) in [5, 5.41) is 16.7. The van der Waals surface area contributed by atoms with E-state index in [0.717, 1.165) is 5.56 Å². The molecule has 0 radical (unpaired) electrons. The monoisotopic (exact) mass is 363 g/mol. The van der Waals surface area contributed by atoms with Crippen molar-refractivity contribution in [2.45, 2.75) is 18.1 Å². The Morgan fingerprint density at radius 3 is 2.68 bits per heavy atom. The quantitative estimate of drug-likeness (QED) is 0.752. The summed E-state index contributed by atoms with van der Waals surface area (Å²) in [4.78, 5) is 24.5. The van der Waals surface area contributed by atoms with Gasteiger partial charge in [0.15, 0.2) is 0 Å². The lowest BCUT2D eigenvalue weighted by atomic mass is 9.79. The van der Waals surface area contributed by atoms with Crippen molar-refractivity contribution in [3.8, 4) is 0 Å². The van der Waals surface area contributed by atoms with Gasteiger partial charge in [0, 0.05) is 31.4 Å². The number of piperidine rings is 1. The van der Waals surface area contributed by atoms with E-state index in [1.54, 1.807) is 19.3 Å². The number of nitrogens with zero attached hydrogens (tertiary/aromatic N) is 1. The molecule has 2 heterocycles. The molecule has 6 nitrogen and oxygen atoms in total. The molecule has 1 amide bonds. The van der Waals surface area contributed by atoms with Crippen LogP contribution >= 0.6 is 12.4 Å². The van der Waals surface area contributed by atoms with Crippen LogP contribution in [-0.2, 0) is 12.6 Å². The van der Waals surface area contributed by atoms with Crippen molar-refractivity contribution in [3.05, 3.63) is 70.1 Å². The molecule has 134 valence electrons. The molecule has 1 aliphatic rings. The summed E-state index contributed by atoms with van der Waals surface area (Å²) in [6.45, 7) is 1.08. The van der Waals surface area contributed by atoms with Crippen LogP contribution in [-0.4, -0.2) is 34.8 Å². The SMILES string of the molecule is Cl.Cn1ccc(C(=O)N[C@@]2(c3ccccc3)CCNC[C@H]2O)cc1=O. The maximum Gasteiger partial charge on any atom is 0.252 e. The lowest BCUT2D eigenvalue weighted by molar-refractivity contribution is 0.0289. The van der Waals surface area contributed by atoms with Crippen molar-refractivity contribution in [2.24, 2.45) is 7.05 Å². The van der Waals surface area contributed by atoms with E-state index in [1.807, 2.05) is 30.3 Å². The van der Waals surface area contributed by atoms with Gasteiger partial charge in [0.2, 0.25) is 0 Å². The minimum absolute atomic E-state index is 0.